The highest BCUT2D eigenvalue weighted by atomic mass is 35.5. The molecular weight excluding hydrogens is 554 g/mol. The summed E-state index contributed by atoms with van der Waals surface area (Å²) in [6, 6.07) is 29.3. The van der Waals surface area contributed by atoms with Crippen LogP contribution in [-0.2, 0) is 21.4 Å². The van der Waals surface area contributed by atoms with Crippen molar-refractivity contribution in [1.82, 2.24) is 4.90 Å². The van der Waals surface area contributed by atoms with Crippen molar-refractivity contribution in [3.8, 4) is 0 Å². The van der Waals surface area contributed by atoms with Gasteiger partial charge in [0, 0.05) is 28.5 Å². The highest BCUT2D eigenvalue weighted by Gasteiger charge is 2.32. The number of benzene rings is 4. The number of hydrogen-bond donors (Lipinski definition) is 2. The van der Waals surface area contributed by atoms with Gasteiger partial charge in [0.15, 0.2) is 0 Å². The average Bonchev–Trinajstić information content (AvgIpc) is 3.30. The molecule has 2 amide bonds. The first-order chi connectivity index (χ1) is 18.8. The Morgan fingerprint density at radius 3 is 2.18 bits per heavy atom. The lowest BCUT2D eigenvalue weighted by Crippen LogP contribution is -2.27. The van der Waals surface area contributed by atoms with Crippen molar-refractivity contribution in [2.45, 2.75) is 16.8 Å². The fourth-order valence-corrected chi connectivity index (χ4v) is 6.51. The van der Waals surface area contributed by atoms with Gasteiger partial charge < -0.3 is 10.2 Å². The summed E-state index contributed by atoms with van der Waals surface area (Å²) < 4.78 is 27.8. The summed E-state index contributed by atoms with van der Waals surface area (Å²) in [5, 5.41) is 3.18. The second-order valence-corrected chi connectivity index (χ2v) is 12.1. The van der Waals surface area contributed by atoms with Crippen molar-refractivity contribution in [3.63, 3.8) is 0 Å². The first-order valence-electron chi connectivity index (χ1n) is 12.0. The van der Waals surface area contributed by atoms with E-state index in [0.717, 1.165) is 11.1 Å². The monoisotopic (exact) mass is 577 g/mol. The minimum absolute atomic E-state index is 0.0588. The van der Waals surface area contributed by atoms with Crippen LogP contribution < -0.4 is 10.0 Å². The van der Waals surface area contributed by atoms with Crippen molar-refractivity contribution in [2.75, 3.05) is 15.8 Å². The van der Waals surface area contributed by atoms with Crippen molar-refractivity contribution in [3.05, 3.63) is 125 Å². The molecule has 4 aromatic carbocycles. The zero-order chi connectivity index (χ0) is 27.4. The third kappa shape index (κ3) is 6.44. The van der Waals surface area contributed by atoms with Crippen LogP contribution in [0.5, 0.6) is 0 Å². The van der Waals surface area contributed by atoms with Crippen molar-refractivity contribution in [1.29, 1.82) is 0 Å². The van der Waals surface area contributed by atoms with E-state index in [0.29, 0.717) is 34.3 Å². The van der Waals surface area contributed by atoms with Gasteiger partial charge in [-0.15, -0.1) is 11.8 Å². The Morgan fingerprint density at radius 2 is 1.51 bits per heavy atom. The molecule has 1 atom stereocenters. The summed E-state index contributed by atoms with van der Waals surface area (Å²) in [4.78, 5) is 27.3. The lowest BCUT2D eigenvalue weighted by Gasteiger charge is -2.24. The summed E-state index contributed by atoms with van der Waals surface area (Å²) in [6.45, 7) is 0.528. The zero-order valence-electron chi connectivity index (χ0n) is 20.6. The summed E-state index contributed by atoms with van der Waals surface area (Å²) in [6.07, 6.45) is 0. The number of rotatable bonds is 8. The quantitative estimate of drug-likeness (QED) is 0.261. The molecule has 0 unspecified atom stereocenters. The molecule has 39 heavy (non-hydrogen) atoms. The lowest BCUT2D eigenvalue weighted by molar-refractivity contribution is -0.128. The summed E-state index contributed by atoms with van der Waals surface area (Å²) in [5.41, 5.74) is 3.31. The maximum Gasteiger partial charge on any atom is 0.261 e. The van der Waals surface area contributed by atoms with E-state index in [1.165, 1.54) is 24.3 Å². The third-order valence-corrected chi connectivity index (χ3v) is 9.05. The molecule has 2 N–H and O–H groups in total. The summed E-state index contributed by atoms with van der Waals surface area (Å²) in [5.74, 6) is 0.179. The van der Waals surface area contributed by atoms with E-state index < -0.39 is 10.0 Å². The van der Waals surface area contributed by atoms with Crippen LogP contribution in [0, 0.1) is 0 Å². The van der Waals surface area contributed by atoms with E-state index in [9.17, 15) is 18.0 Å². The zero-order valence-corrected chi connectivity index (χ0v) is 23.0. The normalized spacial score (nSPS) is 15.3. The fraction of sp³-hybridized carbons (Fsp3) is 0.103. The molecule has 0 spiro atoms. The summed E-state index contributed by atoms with van der Waals surface area (Å²) in [7, 11) is -3.80. The molecular formula is C29H24ClN3O4S2. The lowest BCUT2D eigenvalue weighted by atomic mass is 10.1. The van der Waals surface area contributed by atoms with Gasteiger partial charge in [-0.2, -0.15) is 0 Å². The molecule has 1 fully saturated rings. The molecule has 0 bridgehead atoms. The SMILES string of the molecule is O=C(Nc1ccc(S(=O)(=O)Nc2ccc(Cl)cc2)cc1)c1ccc([C@H]2SCC(=O)N2Cc2ccccc2)cc1. The van der Waals surface area contributed by atoms with Gasteiger partial charge in [0.2, 0.25) is 5.91 Å². The first-order valence-corrected chi connectivity index (χ1v) is 14.9. The molecule has 198 valence electrons. The maximum atomic E-state index is 12.8. The van der Waals surface area contributed by atoms with Gasteiger partial charge in [0.1, 0.15) is 5.37 Å². The van der Waals surface area contributed by atoms with Gasteiger partial charge in [0.25, 0.3) is 15.9 Å². The molecule has 10 heteroatoms. The number of anilines is 2. The van der Waals surface area contributed by atoms with Crippen LogP contribution in [0.4, 0.5) is 11.4 Å². The van der Waals surface area contributed by atoms with Gasteiger partial charge in [0.05, 0.1) is 10.6 Å². The van der Waals surface area contributed by atoms with Crippen LogP contribution in [-0.4, -0.2) is 30.9 Å². The molecule has 7 nitrogen and oxygen atoms in total. The number of amides is 2. The van der Waals surface area contributed by atoms with Gasteiger partial charge >= 0.3 is 0 Å². The Balaban J connectivity index is 1.22. The van der Waals surface area contributed by atoms with Crippen molar-refractivity contribution >= 4 is 56.6 Å². The van der Waals surface area contributed by atoms with Crippen LogP contribution in [0.2, 0.25) is 5.02 Å². The Morgan fingerprint density at radius 1 is 0.872 bits per heavy atom. The fourth-order valence-electron chi connectivity index (χ4n) is 4.13. The number of nitrogens with zero attached hydrogens (tertiary/aromatic N) is 1. The highest BCUT2D eigenvalue weighted by Crippen LogP contribution is 2.39. The number of thioether (sulfide) groups is 1. The number of halogens is 1. The minimum Gasteiger partial charge on any atom is -0.322 e. The maximum absolute atomic E-state index is 12.8. The standard InChI is InChI=1S/C29H24ClN3O4S2/c30-23-10-12-25(13-11-23)32-39(36,37)26-16-14-24(15-17-26)31-28(35)21-6-8-22(9-7-21)29-33(27(34)19-38-29)18-20-4-2-1-3-5-20/h1-17,29,32H,18-19H2,(H,31,35)/t29-/m1/s1. The molecule has 5 rings (SSSR count). The largest absolute Gasteiger partial charge is 0.322 e. The predicted molar refractivity (Wildman–Crippen MR) is 155 cm³/mol. The van der Waals surface area contributed by atoms with E-state index in [-0.39, 0.29) is 22.1 Å². The minimum atomic E-state index is -3.80. The smallest absolute Gasteiger partial charge is 0.261 e. The summed E-state index contributed by atoms with van der Waals surface area (Å²) >= 11 is 7.42. The molecule has 1 saturated heterocycles. The van der Waals surface area contributed by atoms with Gasteiger partial charge in [-0.05, 0) is 71.8 Å². The molecule has 0 aliphatic carbocycles. The third-order valence-electron chi connectivity index (χ3n) is 6.14. The Hall–Kier alpha value is -3.79. The highest BCUT2D eigenvalue weighted by molar-refractivity contribution is 8.00. The van der Waals surface area contributed by atoms with E-state index in [2.05, 4.69) is 10.0 Å². The Labute approximate surface area is 236 Å². The van der Waals surface area contributed by atoms with Crippen LogP contribution >= 0.6 is 23.4 Å². The number of nitrogens with one attached hydrogen (secondary N) is 2. The van der Waals surface area contributed by atoms with Gasteiger partial charge in [-0.3, -0.25) is 14.3 Å². The molecule has 0 aromatic heterocycles. The Bertz CT molecular complexity index is 1580. The van der Waals surface area contributed by atoms with E-state index in [4.69, 9.17) is 11.6 Å². The van der Waals surface area contributed by atoms with Crippen LogP contribution in [0.1, 0.15) is 26.9 Å². The first kappa shape index (κ1) is 26.8. The number of carbonyl (C=O) groups excluding carboxylic acids is 2. The van der Waals surface area contributed by atoms with Crippen LogP contribution in [0.25, 0.3) is 0 Å². The second-order valence-electron chi connectivity index (χ2n) is 8.88. The molecule has 4 aromatic rings. The number of hydrogen-bond acceptors (Lipinski definition) is 5. The van der Waals surface area contributed by atoms with Gasteiger partial charge in [-0.1, -0.05) is 54.1 Å². The Kier molecular flexibility index (Phi) is 7.92. The van der Waals surface area contributed by atoms with E-state index in [1.807, 2.05) is 47.4 Å². The number of sulfonamides is 1. The topological polar surface area (TPSA) is 95.6 Å². The van der Waals surface area contributed by atoms with Crippen molar-refractivity contribution < 1.29 is 18.0 Å². The molecule has 0 saturated carbocycles. The van der Waals surface area contributed by atoms with Crippen LogP contribution in [0.3, 0.4) is 0 Å². The molecule has 1 aliphatic heterocycles. The molecule has 1 aliphatic rings. The van der Waals surface area contributed by atoms with E-state index >= 15 is 0 Å². The van der Waals surface area contributed by atoms with E-state index in [1.54, 1.807) is 48.2 Å². The predicted octanol–water partition coefficient (Wildman–Crippen LogP) is 6.17. The van der Waals surface area contributed by atoms with Crippen molar-refractivity contribution in [2.24, 2.45) is 0 Å². The molecule has 1 heterocycles. The average molecular weight is 578 g/mol. The molecule has 0 radical (unpaired) electrons. The second kappa shape index (κ2) is 11.5. The number of carbonyl (C=O) groups is 2. The van der Waals surface area contributed by atoms with Crippen LogP contribution in [0.15, 0.2) is 108 Å². The van der Waals surface area contributed by atoms with Gasteiger partial charge in [-0.25, -0.2) is 8.42 Å².